The van der Waals surface area contributed by atoms with Crippen LogP contribution in [-0.4, -0.2) is 10.1 Å². The van der Waals surface area contributed by atoms with E-state index in [4.69, 9.17) is 0 Å². The van der Waals surface area contributed by atoms with E-state index in [0.29, 0.717) is 0 Å². The fourth-order valence-corrected chi connectivity index (χ4v) is 2.12. The van der Waals surface area contributed by atoms with Gasteiger partial charge >= 0.3 is 0 Å². The minimum absolute atomic E-state index is 0.0658. The molecule has 2 nitrogen and oxygen atoms in total. The van der Waals surface area contributed by atoms with Crippen LogP contribution in [0.15, 0.2) is 36.7 Å². The van der Waals surface area contributed by atoms with Crippen molar-refractivity contribution in [3.8, 4) is 0 Å². The quantitative estimate of drug-likeness (QED) is 0.866. The van der Waals surface area contributed by atoms with Gasteiger partial charge in [-0.25, -0.2) is 0 Å². The van der Waals surface area contributed by atoms with E-state index in [1.54, 1.807) is 6.20 Å². The zero-order valence-corrected chi connectivity index (χ0v) is 11.5. The number of aliphatic hydroxyl groups excluding tert-OH is 1. The van der Waals surface area contributed by atoms with E-state index in [0.717, 1.165) is 16.3 Å². The molecule has 0 fully saturated rings. The number of hydrogen-bond acceptors (Lipinski definition) is 2. The van der Waals surface area contributed by atoms with Gasteiger partial charge in [0, 0.05) is 23.3 Å². The Labute approximate surface area is 109 Å². The molecule has 96 valence electrons. The lowest BCUT2D eigenvalue weighted by molar-refractivity contribution is 0.0544. The Kier molecular flexibility index (Phi) is 3.40. The highest BCUT2D eigenvalue weighted by Crippen LogP contribution is 2.37. The Morgan fingerprint density at radius 3 is 2.44 bits per heavy atom. The van der Waals surface area contributed by atoms with Crippen molar-refractivity contribution in [3.05, 3.63) is 42.2 Å². The molecule has 0 aliphatic carbocycles. The third-order valence-corrected chi connectivity index (χ3v) is 3.86. The lowest BCUT2D eigenvalue weighted by Gasteiger charge is -2.32. The van der Waals surface area contributed by atoms with Crippen LogP contribution in [-0.2, 0) is 0 Å². The zero-order chi connectivity index (χ0) is 13.3. The van der Waals surface area contributed by atoms with Crippen LogP contribution in [0.1, 0.15) is 39.4 Å². The Balaban J connectivity index is 2.48. The van der Waals surface area contributed by atoms with Crippen LogP contribution in [0.5, 0.6) is 0 Å². The van der Waals surface area contributed by atoms with Crippen molar-refractivity contribution in [1.82, 2.24) is 4.98 Å². The molecule has 0 radical (unpaired) electrons. The molecule has 2 unspecified atom stereocenters. The van der Waals surface area contributed by atoms with Crippen molar-refractivity contribution in [2.24, 2.45) is 11.3 Å². The van der Waals surface area contributed by atoms with Crippen molar-refractivity contribution in [2.75, 3.05) is 0 Å². The number of aromatic nitrogens is 1. The van der Waals surface area contributed by atoms with Crippen molar-refractivity contribution in [2.45, 2.75) is 33.8 Å². The summed E-state index contributed by atoms with van der Waals surface area (Å²) in [7, 11) is 0. The summed E-state index contributed by atoms with van der Waals surface area (Å²) < 4.78 is 0. The van der Waals surface area contributed by atoms with Gasteiger partial charge in [-0.05, 0) is 16.7 Å². The summed E-state index contributed by atoms with van der Waals surface area (Å²) in [6, 6.07) is 8.07. The molecule has 2 heteroatoms. The SMILES string of the molecule is CC(C(O)c1cncc2ccccc12)C(C)(C)C. The summed E-state index contributed by atoms with van der Waals surface area (Å²) in [5.74, 6) is 0.171. The van der Waals surface area contributed by atoms with Crippen LogP contribution >= 0.6 is 0 Å². The normalized spacial score (nSPS) is 15.6. The van der Waals surface area contributed by atoms with Crippen molar-refractivity contribution >= 4 is 10.8 Å². The Morgan fingerprint density at radius 2 is 1.78 bits per heavy atom. The number of pyridine rings is 1. The number of fused-ring (bicyclic) bond motifs is 1. The molecule has 0 aliphatic rings. The predicted octanol–water partition coefficient (Wildman–Crippen LogP) is 3.95. The summed E-state index contributed by atoms with van der Waals surface area (Å²) in [5.41, 5.74) is 0.992. The molecule has 2 atom stereocenters. The molecule has 0 bridgehead atoms. The standard InChI is InChI=1S/C16H21NO/c1-11(16(2,3)4)15(18)14-10-17-9-12-7-5-6-8-13(12)14/h5-11,15,18H,1-4H3. The smallest absolute Gasteiger partial charge is 0.0841 e. The predicted molar refractivity (Wildman–Crippen MR) is 75.3 cm³/mol. The third-order valence-electron chi connectivity index (χ3n) is 3.86. The van der Waals surface area contributed by atoms with Gasteiger partial charge in [0.1, 0.15) is 0 Å². The molecule has 1 heterocycles. The molecular weight excluding hydrogens is 222 g/mol. The van der Waals surface area contributed by atoms with E-state index in [2.05, 4.69) is 32.7 Å². The molecular formula is C16H21NO. The first kappa shape index (κ1) is 13.0. The van der Waals surface area contributed by atoms with E-state index in [1.807, 2.05) is 30.5 Å². The molecule has 0 saturated carbocycles. The van der Waals surface area contributed by atoms with E-state index < -0.39 is 6.10 Å². The van der Waals surface area contributed by atoms with Gasteiger partial charge in [0.15, 0.2) is 0 Å². The Bertz CT molecular complexity index is 537. The van der Waals surface area contributed by atoms with E-state index in [-0.39, 0.29) is 11.3 Å². The molecule has 0 amide bonds. The van der Waals surface area contributed by atoms with Gasteiger partial charge in [0.2, 0.25) is 0 Å². The average molecular weight is 243 g/mol. The van der Waals surface area contributed by atoms with Crippen LogP contribution in [0.25, 0.3) is 10.8 Å². The second kappa shape index (κ2) is 4.69. The molecule has 0 spiro atoms. The first-order chi connectivity index (χ1) is 8.41. The van der Waals surface area contributed by atoms with E-state index in [9.17, 15) is 5.11 Å². The van der Waals surface area contributed by atoms with Crippen LogP contribution in [0.3, 0.4) is 0 Å². The maximum Gasteiger partial charge on any atom is 0.0841 e. The lowest BCUT2D eigenvalue weighted by atomic mass is 9.76. The largest absolute Gasteiger partial charge is 0.388 e. The zero-order valence-electron chi connectivity index (χ0n) is 11.5. The number of rotatable bonds is 2. The van der Waals surface area contributed by atoms with Crippen LogP contribution in [0.4, 0.5) is 0 Å². The molecule has 1 N–H and O–H groups in total. The molecule has 2 aromatic rings. The number of benzene rings is 1. The van der Waals surface area contributed by atoms with Gasteiger partial charge in [0.05, 0.1) is 6.10 Å². The Hall–Kier alpha value is -1.41. The topological polar surface area (TPSA) is 33.1 Å². The molecule has 1 aromatic heterocycles. The van der Waals surface area contributed by atoms with Crippen LogP contribution in [0, 0.1) is 11.3 Å². The molecule has 1 aromatic carbocycles. The highest BCUT2D eigenvalue weighted by atomic mass is 16.3. The second-order valence-electron chi connectivity index (χ2n) is 6.05. The Morgan fingerprint density at radius 1 is 1.11 bits per heavy atom. The lowest BCUT2D eigenvalue weighted by Crippen LogP contribution is -2.24. The van der Waals surface area contributed by atoms with Crippen molar-refractivity contribution in [1.29, 1.82) is 0 Å². The van der Waals surface area contributed by atoms with Crippen LogP contribution < -0.4 is 0 Å². The maximum atomic E-state index is 10.6. The fourth-order valence-electron chi connectivity index (χ4n) is 2.12. The molecule has 2 rings (SSSR count). The average Bonchev–Trinajstić information content (AvgIpc) is 2.35. The molecule has 0 saturated heterocycles. The van der Waals surface area contributed by atoms with E-state index in [1.165, 1.54) is 0 Å². The number of aliphatic hydroxyl groups is 1. The third kappa shape index (κ3) is 2.39. The van der Waals surface area contributed by atoms with Gasteiger partial charge in [-0.15, -0.1) is 0 Å². The number of hydrogen-bond donors (Lipinski definition) is 1. The molecule has 0 aliphatic heterocycles. The van der Waals surface area contributed by atoms with Crippen molar-refractivity contribution in [3.63, 3.8) is 0 Å². The first-order valence-corrected chi connectivity index (χ1v) is 6.42. The fraction of sp³-hybridized carbons (Fsp3) is 0.438. The van der Waals surface area contributed by atoms with E-state index >= 15 is 0 Å². The number of nitrogens with zero attached hydrogens (tertiary/aromatic N) is 1. The first-order valence-electron chi connectivity index (χ1n) is 6.42. The minimum Gasteiger partial charge on any atom is -0.388 e. The highest BCUT2D eigenvalue weighted by Gasteiger charge is 2.28. The van der Waals surface area contributed by atoms with Crippen molar-refractivity contribution < 1.29 is 5.11 Å². The second-order valence-corrected chi connectivity index (χ2v) is 6.05. The van der Waals surface area contributed by atoms with Gasteiger partial charge in [0.25, 0.3) is 0 Å². The monoisotopic (exact) mass is 243 g/mol. The highest BCUT2D eigenvalue weighted by molar-refractivity contribution is 5.84. The van der Waals surface area contributed by atoms with Gasteiger partial charge < -0.3 is 5.11 Å². The summed E-state index contributed by atoms with van der Waals surface area (Å²) in [5, 5.41) is 12.8. The maximum absolute atomic E-state index is 10.6. The summed E-state index contributed by atoms with van der Waals surface area (Å²) in [6.07, 6.45) is 3.14. The van der Waals surface area contributed by atoms with Gasteiger partial charge in [-0.3, -0.25) is 4.98 Å². The molecule has 18 heavy (non-hydrogen) atoms. The minimum atomic E-state index is -0.483. The van der Waals surface area contributed by atoms with Crippen LogP contribution in [0.2, 0.25) is 0 Å². The van der Waals surface area contributed by atoms with Gasteiger partial charge in [-0.2, -0.15) is 0 Å². The van der Waals surface area contributed by atoms with Gasteiger partial charge in [-0.1, -0.05) is 52.0 Å². The summed E-state index contributed by atoms with van der Waals surface area (Å²) in [6.45, 7) is 8.55. The summed E-state index contributed by atoms with van der Waals surface area (Å²) in [4.78, 5) is 4.24. The summed E-state index contributed by atoms with van der Waals surface area (Å²) >= 11 is 0.